The van der Waals surface area contributed by atoms with Gasteiger partial charge >= 0.3 is 16.2 Å². The predicted octanol–water partition coefficient (Wildman–Crippen LogP) is 2.04. The SMILES string of the molecule is O=C(O)C1CCCN(S(=O)(=O)Nc2c(F)cccc2Br)C1. The highest BCUT2D eigenvalue weighted by atomic mass is 79.9. The first-order valence-electron chi connectivity index (χ1n) is 6.26. The van der Waals surface area contributed by atoms with E-state index in [2.05, 4.69) is 20.7 Å². The number of piperidine rings is 1. The molecular weight excluding hydrogens is 367 g/mol. The topological polar surface area (TPSA) is 86.7 Å². The number of benzene rings is 1. The van der Waals surface area contributed by atoms with Crippen molar-refractivity contribution in [3.05, 3.63) is 28.5 Å². The maximum Gasteiger partial charge on any atom is 0.307 e. The van der Waals surface area contributed by atoms with Crippen molar-refractivity contribution in [3.8, 4) is 0 Å². The fourth-order valence-electron chi connectivity index (χ4n) is 2.15. The smallest absolute Gasteiger partial charge is 0.307 e. The van der Waals surface area contributed by atoms with Crippen LogP contribution in [-0.2, 0) is 15.0 Å². The zero-order chi connectivity index (χ0) is 15.6. The zero-order valence-electron chi connectivity index (χ0n) is 10.9. The van der Waals surface area contributed by atoms with Crippen molar-refractivity contribution in [1.29, 1.82) is 0 Å². The summed E-state index contributed by atoms with van der Waals surface area (Å²) in [6.45, 7) is 0.0991. The van der Waals surface area contributed by atoms with E-state index in [1.165, 1.54) is 12.1 Å². The van der Waals surface area contributed by atoms with Crippen LogP contribution in [0.4, 0.5) is 10.1 Å². The van der Waals surface area contributed by atoms with E-state index in [1.54, 1.807) is 0 Å². The summed E-state index contributed by atoms with van der Waals surface area (Å²) in [7, 11) is -4.00. The molecule has 1 unspecified atom stereocenters. The Kier molecular flexibility index (Phi) is 4.84. The first-order valence-corrected chi connectivity index (χ1v) is 8.49. The van der Waals surface area contributed by atoms with E-state index in [0.29, 0.717) is 12.8 Å². The average Bonchev–Trinajstić information content (AvgIpc) is 2.43. The van der Waals surface area contributed by atoms with Crippen LogP contribution in [0.1, 0.15) is 12.8 Å². The third-order valence-corrected chi connectivity index (χ3v) is 5.40. The second-order valence-corrected chi connectivity index (χ2v) is 7.26. The van der Waals surface area contributed by atoms with Crippen molar-refractivity contribution in [2.75, 3.05) is 17.8 Å². The Balaban J connectivity index is 2.20. The number of carbonyl (C=O) groups is 1. The molecule has 0 spiro atoms. The summed E-state index contributed by atoms with van der Waals surface area (Å²) < 4.78 is 41.7. The quantitative estimate of drug-likeness (QED) is 0.836. The van der Waals surface area contributed by atoms with Crippen molar-refractivity contribution in [2.24, 2.45) is 5.92 Å². The number of anilines is 1. The van der Waals surface area contributed by atoms with Gasteiger partial charge in [-0.1, -0.05) is 6.07 Å². The molecule has 1 atom stereocenters. The van der Waals surface area contributed by atoms with Gasteiger partial charge in [0.15, 0.2) is 0 Å². The van der Waals surface area contributed by atoms with Gasteiger partial charge in [0, 0.05) is 17.6 Å². The molecule has 1 fully saturated rings. The van der Waals surface area contributed by atoms with Crippen molar-refractivity contribution >= 4 is 37.8 Å². The number of nitrogens with one attached hydrogen (secondary N) is 1. The first kappa shape index (κ1) is 16.2. The molecule has 9 heteroatoms. The van der Waals surface area contributed by atoms with E-state index < -0.39 is 27.9 Å². The van der Waals surface area contributed by atoms with Crippen molar-refractivity contribution < 1.29 is 22.7 Å². The molecular formula is C12H14BrFN2O4S. The van der Waals surface area contributed by atoms with Crippen molar-refractivity contribution in [3.63, 3.8) is 0 Å². The van der Waals surface area contributed by atoms with Gasteiger partial charge in [0.2, 0.25) is 0 Å². The Morgan fingerprint density at radius 1 is 1.48 bits per heavy atom. The summed E-state index contributed by atoms with van der Waals surface area (Å²) >= 11 is 3.08. The molecule has 2 rings (SSSR count). The van der Waals surface area contributed by atoms with Gasteiger partial charge in [-0.15, -0.1) is 0 Å². The van der Waals surface area contributed by atoms with Crippen LogP contribution in [0.5, 0.6) is 0 Å². The molecule has 1 heterocycles. The largest absolute Gasteiger partial charge is 0.481 e. The van der Waals surface area contributed by atoms with Crippen LogP contribution in [0.3, 0.4) is 0 Å². The number of rotatable bonds is 4. The number of carboxylic acids is 1. The number of para-hydroxylation sites is 1. The Hall–Kier alpha value is -1.19. The standard InChI is InChI=1S/C12H14BrFN2O4S/c13-9-4-1-5-10(14)11(9)15-21(19,20)16-6-2-3-8(7-16)12(17)18/h1,4-5,8,15H,2-3,6-7H2,(H,17,18). The Morgan fingerprint density at radius 2 is 2.19 bits per heavy atom. The van der Waals surface area contributed by atoms with Gasteiger partial charge in [-0.25, -0.2) is 4.39 Å². The fourth-order valence-corrected chi connectivity index (χ4v) is 4.06. The van der Waals surface area contributed by atoms with E-state index in [1.807, 2.05) is 0 Å². The minimum absolute atomic E-state index is 0.114. The summed E-state index contributed by atoms with van der Waals surface area (Å²) in [5.74, 6) is -2.47. The highest BCUT2D eigenvalue weighted by molar-refractivity contribution is 9.10. The second kappa shape index (κ2) is 6.29. The average molecular weight is 381 g/mol. The molecule has 1 aliphatic heterocycles. The lowest BCUT2D eigenvalue weighted by Gasteiger charge is -2.30. The molecule has 0 amide bonds. The van der Waals surface area contributed by atoms with Crippen LogP contribution < -0.4 is 4.72 Å². The molecule has 1 saturated heterocycles. The van der Waals surface area contributed by atoms with Gasteiger partial charge in [-0.3, -0.25) is 9.52 Å². The highest BCUT2D eigenvalue weighted by Crippen LogP contribution is 2.28. The number of hydrogen-bond acceptors (Lipinski definition) is 3. The van der Waals surface area contributed by atoms with Gasteiger partial charge in [-0.05, 0) is 40.9 Å². The lowest BCUT2D eigenvalue weighted by molar-refractivity contribution is -0.142. The normalized spacial score (nSPS) is 20.2. The Morgan fingerprint density at radius 3 is 2.81 bits per heavy atom. The molecule has 0 bridgehead atoms. The van der Waals surface area contributed by atoms with Crippen LogP contribution in [0.2, 0.25) is 0 Å². The van der Waals surface area contributed by atoms with Crippen molar-refractivity contribution in [1.82, 2.24) is 4.31 Å². The zero-order valence-corrected chi connectivity index (χ0v) is 13.3. The van der Waals surface area contributed by atoms with E-state index >= 15 is 0 Å². The molecule has 1 aliphatic rings. The maximum absolute atomic E-state index is 13.7. The monoisotopic (exact) mass is 380 g/mol. The first-order chi connectivity index (χ1) is 9.81. The summed E-state index contributed by atoms with van der Waals surface area (Å²) in [4.78, 5) is 11.0. The van der Waals surface area contributed by atoms with Crippen LogP contribution in [0, 0.1) is 11.7 Å². The molecule has 6 nitrogen and oxygen atoms in total. The molecule has 1 aromatic carbocycles. The maximum atomic E-state index is 13.7. The Labute approximate surface area is 130 Å². The lowest BCUT2D eigenvalue weighted by atomic mass is 10.0. The second-order valence-electron chi connectivity index (χ2n) is 4.74. The molecule has 0 saturated carbocycles. The Bertz CT molecular complexity index is 632. The molecule has 0 radical (unpaired) electrons. The van der Waals surface area contributed by atoms with Gasteiger partial charge in [0.1, 0.15) is 5.82 Å². The number of hydrogen-bond donors (Lipinski definition) is 2. The third kappa shape index (κ3) is 3.72. The van der Waals surface area contributed by atoms with E-state index in [4.69, 9.17) is 5.11 Å². The summed E-state index contributed by atoms with van der Waals surface area (Å²) in [5, 5.41) is 8.99. The van der Waals surface area contributed by atoms with Crippen molar-refractivity contribution in [2.45, 2.75) is 12.8 Å². The molecule has 21 heavy (non-hydrogen) atoms. The van der Waals surface area contributed by atoms with Gasteiger partial charge < -0.3 is 5.11 Å². The summed E-state index contributed by atoms with van der Waals surface area (Å²) in [5.41, 5.74) is -0.185. The van der Waals surface area contributed by atoms with Crippen LogP contribution >= 0.6 is 15.9 Å². The van der Waals surface area contributed by atoms with Gasteiger partial charge in [0.05, 0.1) is 11.6 Å². The molecule has 2 N–H and O–H groups in total. The van der Waals surface area contributed by atoms with Gasteiger partial charge in [-0.2, -0.15) is 12.7 Å². The van der Waals surface area contributed by atoms with Crippen LogP contribution in [0.25, 0.3) is 0 Å². The number of nitrogens with zero attached hydrogens (tertiary/aromatic N) is 1. The highest BCUT2D eigenvalue weighted by Gasteiger charge is 2.32. The van der Waals surface area contributed by atoms with Gasteiger partial charge in [0.25, 0.3) is 0 Å². The number of aliphatic carboxylic acids is 1. The molecule has 116 valence electrons. The minimum Gasteiger partial charge on any atom is -0.481 e. The summed E-state index contributed by atoms with van der Waals surface area (Å²) in [6.07, 6.45) is 0.890. The molecule has 0 aliphatic carbocycles. The molecule has 0 aromatic heterocycles. The molecule has 1 aromatic rings. The number of halogens is 2. The lowest BCUT2D eigenvalue weighted by Crippen LogP contribution is -2.44. The fraction of sp³-hybridized carbons (Fsp3) is 0.417. The minimum atomic E-state index is -4.00. The van der Waals surface area contributed by atoms with Crippen LogP contribution in [0.15, 0.2) is 22.7 Å². The predicted molar refractivity (Wildman–Crippen MR) is 78.6 cm³/mol. The van der Waals surface area contributed by atoms with E-state index in [-0.39, 0.29) is 23.2 Å². The van der Waals surface area contributed by atoms with E-state index in [0.717, 1.165) is 10.4 Å². The van der Waals surface area contributed by atoms with E-state index in [9.17, 15) is 17.6 Å². The third-order valence-electron chi connectivity index (χ3n) is 3.27. The number of carboxylic acid groups (broad SMARTS) is 1. The van der Waals surface area contributed by atoms with Crippen LogP contribution in [-0.4, -0.2) is 36.9 Å². The summed E-state index contributed by atoms with van der Waals surface area (Å²) in [6, 6.07) is 4.09.